The number of aliphatic hydroxyl groups excluding tert-OH is 2. The zero-order valence-electron chi connectivity index (χ0n) is 14.9. The molecule has 138 valence electrons. The third kappa shape index (κ3) is 4.81. The molecule has 2 heterocycles. The highest BCUT2D eigenvalue weighted by Gasteiger charge is 2.36. The van der Waals surface area contributed by atoms with Crippen molar-refractivity contribution in [3.63, 3.8) is 0 Å². The highest BCUT2D eigenvalue weighted by molar-refractivity contribution is 5.79. The lowest BCUT2D eigenvalue weighted by molar-refractivity contribution is -0.129. The van der Waals surface area contributed by atoms with Crippen LogP contribution in [0.3, 0.4) is 0 Å². The molecule has 0 radical (unpaired) electrons. The van der Waals surface area contributed by atoms with Gasteiger partial charge in [-0.2, -0.15) is 0 Å². The van der Waals surface area contributed by atoms with Gasteiger partial charge in [0.15, 0.2) is 0 Å². The standard InChI is InChI=1S/C20H30N2O3/c23-14-17-6-8-21(9-7-17)11-18-12-22(13-19(18)15-24)20(25)10-16-4-2-1-3-5-16/h1-5,17-19,23-24H,6-15H2/t18-,19-/m1/s1. The summed E-state index contributed by atoms with van der Waals surface area (Å²) in [4.78, 5) is 17.0. The van der Waals surface area contributed by atoms with E-state index in [-0.39, 0.29) is 25.0 Å². The van der Waals surface area contributed by atoms with Crippen molar-refractivity contribution in [1.29, 1.82) is 0 Å². The Hall–Kier alpha value is -1.43. The smallest absolute Gasteiger partial charge is 0.227 e. The predicted molar refractivity (Wildman–Crippen MR) is 97.0 cm³/mol. The second-order valence-corrected chi connectivity index (χ2v) is 7.59. The van der Waals surface area contributed by atoms with Crippen molar-refractivity contribution in [2.45, 2.75) is 19.3 Å². The highest BCUT2D eigenvalue weighted by atomic mass is 16.3. The average Bonchev–Trinajstić information content (AvgIpc) is 3.06. The molecule has 0 unspecified atom stereocenters. The molecule has 2 aliphatic heterocycles. The Kier molecular flexibility index (Phi) is 6.45. The number of rotatable bonds is 6. The van der Waals surface area contributed by atoms with Crippen molar-refractivity contribution < 1.29 is 15.0 Å². The summed E-state index contributed by atoms with van der Waals surface area (Å²) in [6, 6.07) is 9.85. The molecule has 2 N–H and O–H groups in total. The van der Waals surface area contributed by atoms with Gasteiger partial charge in [-0.15, -0.1) is 0 Å². The van der Waals surface area contributed by atoms with Gasteiger partial charge in [0.25, 0.3) is 0 Å². The molecule has 1 amide bonds. The van der Waals surface area contributed by atoms with Crippen LogP contribution in [-0.2, 0) is 11.2 Å². The summed E-state index contributed by atoms with van der Waals surface area (Å²) >= 11 is 0. The van der Waals surface area contributed by atoms with Gasteiger partial charge < -0.3 is 20.0 Å². The summed E-state index contributed by atoms with van der Waals surface area (Å²) in [7, 11) is 0. The summed E-state index contributed by atoms with van der Waals surface area (Å²) in [5.41, 5.74) is 1.04. The molecule has 0 aliphatic carbocycles. The molecule has 25 heavy (non-hydrogen) atoms. The zero-order valence-corrected chi connectivity index (χ0v) is 14.9. The molecule has 2 aliphatic rings. The lowest BCUT2D eigenvalue weighted by atomic mass is 9.93. The molecule has 1 aromatic rings. The number of amides is 1. The molecular formula is C20H30N2O3. The maximum Gasteiger partial charge on any atom is 0.227 e. The van der Waals surface area contributed by atoms with E-state index in [1.54, 1.807) is 0 Å². The van der Waals surface area contributed by atoms with Crippen LogP contribution in [-0.4, -0.2) is 71.9 Å². The number of benzene rings is 1. The lowest BCUT2D eigenvalue weighted by Crippen LogP contribution is -2.40. The molecular weight excluding hydrogens is 316 g/mol. The van der Waals surface area contributed by atoms with Gasteiger partial charge in [-0.3, -0.25) is 4.79 Å². The molecule has 2 fully saturated rings. The van der Waals surface area contributed by atoms with E-state index in [9.17, 15) is 15.0 Å². The molecule has 0 aromatic heterocycles. The zero-order chi connectivity index (χ0) is 17.6. The summed E-state index contributed by atoms with van der Waals surface area (Å²) < 4.78 is 0. The largest absolute Gasteiger partial charge is 0.396 e. The van der Waals surface area contributed by atoms with E-state index in [4.69, 9.17) is 0 Å². The third-order valence-corrected chi connectivity index (χ3v) is 5.82. The topological polar surface area (TPSA) is 64.0 Å². The molecule has 0 spiro atoms. The quantitative estimate of drug-likeness (QED) is 0.807. The van der Waals surface area contributed by atoms with Crippen LogP contribution in [0.15, 0.2) is 30.3 Å². The molecule has 3 rings (SSSR count). The SMILES string of the molecule is O=C(Cc1ccccc1)N1C[C@@H](CN2CCC(CO)CC2)[C@@H](CO)C1. The van der Waals surface area contributed by atoms with E-state index in [2.05, 4.69) is 4.90 Å². The number of carbonyl (C=O) groups is 1. The number of nitrogens with zero attached hydrogens (tertiary/aromatic N) is 2. The van der Waals surface area contributed by atoms with Gasteiger partial charge in [0.05, 0.1) is 6.42 Å². The van der Waals surface area contributed by atoms with Crippen LogP contribution in [0.25, 0.3) is 0 Å². The van der Waals surface area contributed by atoms with Crippen LogP contribution in [0, 0.1) is 17.8 Å². The Labute approximate surface area is 150 Å². The van der Waals surface area contributed by atoms with Gasteiger partial charge in [0.2, 0.25) is 5.91 Å². The van der Waals surface area contributed by atoms with Gasteiger partial charge in [0.1, 0.15) is 0 Å². The minimum atomic E-state index is 0.146. The number of carbonyl (C=O) groups excluding carboxylic acids is 1. The minimum absolute atomic E-state index is 0.146. The highest BCUT2D eigenvalue weighted by Crippen LogP contribution is 2.26. The summed E-state index contributed by atoms with van der Waals surface area (Å²) in [5, 5.41) is 19.0. The first-order chi connectivity index (χ1) is 12.2. The Morgan fingerprint density at radius 3 is 2.32 bits per heavy atom. The van der Waals surface area contributed by atoms with Crippen molar-refractivity contribution >= 4 is 5.91 Å². The summed E-state index contributed by atoms with van der Waals surface area (Å²) in [5.74, 6) is 1.12. The van der Waals surface area contributed by atoms with E-state index >= 15 is 0 Å². The number of aliphatic hydroxyl groups is 2. The molecule has 0 bridgehead atoms. The Morgan fingerprint density at radius 2 is 1.68 bits per heavy atom. The fourth-order valence-electron chi connectivity index (χ4n) is 4.12. The van der Waals surface area contributed by atoms with Crippen molar-refractivity contribution in [3.8, 4) is 0 Å². The van der Waals surface area contributed by atoms with E-state index < -0.39 is 0 Å². The molecule has 5 heteroatoms. The van der Waals surface area contributed by atoms with E-state index in [1.807, 2.05) is 35.2 Å². The van der Waals surface area contributed by atoms with Crippen molar-refractivity contribution in [2.24, 2.45) is 17.8 Å². The second kappa shape index (κ2) is 8.79. The third-order valence-electron chi connectivity index (χ3n) is 5.82. The second-order valence-electron chi connectivity index (χ2n) is 7.59. The first-order valence-electron chi connectivity index (χ1n) is 9.45. The Morgan fingerprint density at radius 1 is 1.00 bits per heavy atom. The van der Waals surface area contributed by atoms with Gasteiger partial charge in [0, 0.05) is 38.8 Å². The maximum atomic E-state index is 12.6. The number of piperidine rings is 1. The van der Waals surface area contributed by atoms with Crippen LogP contribution in [0.4, 0.5) is 0 Å². The number of hydrogen-bond acceptors (Lipinski definition) is 4. The van der Waals surface area contributed by atoms with Gasteiger partial charge in [-0.25, -0.2) is 0 Å². The van der Waals surface area contributed by atoms with Crippen molar-refractivity contribution in [3.05, 3.63) is 35.9 Å². The Bertz CT molecular complexity index is 543. The van der Waals surface area contributed by atoms with Crippen molar-refractivity contribution in [2.75, 3.05) is 45.9 Å². The average molecular weight is 346 g/mol. The normalized spacial score (nSPS) is 25.4. The fraction of sp³-hybridized carbons (Fsp3) is 0.650. The monoisotopic (exact) mass is 346 g/mol. The van der Waals surface area contributed by atoms with Gasteiger partial charge >= 0.3 is 0 Å². The van der Waals surface area contributed by atoms with Crippen LogP contribution < -0.4 is 0 Å². The molecule has 2 atom stereocenters. The summed E-state index contributed by atoms with van der Waals surface area (Å²) in [6.45, 7) is 4.82. The first-order valence-corrected chi connectivity index (χ1v) is 9.45. The Balaban J connectivity index is 1.52. The van der Waals surface area contributed by atoms with Gasteiger partial charge in [-0.1, -0.05) is 30.3 Å². The van der Waals surface area contributed by atoms with E-state index in [0.717, 1.165) is 44.6 Å². The summed E-state index contributed by atoms with van der Waals surface area (Å²) in [6.07, 6.45) is 2.53. The van der Waals surface area contributed by atoms with E-state index in [0.29, 0.717) is 24.8 Å². The minimum Gasteiger partial charge on any atom is -0.396 e. The molecule has 5 nitrogen and oxygen atoms in total. The van der Waals surface area contributed by atoms with Crippen LogP contribution in [0.2, 0.25) is 0 Å². The fourth-order valence-corrected chi connectivity index (χ4v) is 4.12. The molecule has 2 saturated heterocycles. The van der Waals surface area contributed by atoms with E-state index in [1.165, 1.54) is 0 Å². The number of hydrogen-bond donors (Lipinski definition) is 2. The van der Waals surface area contributed by atoms with Crippen LogP contribution in [0.5, 0.6) is 0 Å². The lowest BCUT2D eigenvalue weighted by Gasteiger charge is -2.33. The number of likely N-dealkylation sites (tertiary alicyclic amines) is 2. The molecule has 0 saturated carbocycles. The van der Waals surface area contributed by atoms with Crippen LogP contribution >= 0.6 is 0 Å². The predicted octanol–water partition coefficient (Wildman–Crippen LogP) is 1.00. The van der Waals surface area contributed by atoms with Crippen LogP contribution in [0.1, 0.15) is 18.4 Å². The first kappa shape index (κ1) is 18.4. The van der Waals surface area contributed by atoms with Gasteiger partial charge in [-0.05, 0) is 43.3 Å². The molecule has 1 aromatic carbocycles. The maximum absolute atomic E-state index is 12.6. The van der Waals surface area contributed by atoms with Crippen molar-refractivity contribution in [1.82, 2.24) is 9.80 Å².